The van der Waals surface area contributed by atoms with E-state index in [2.05, 4.69) is 15.9 Å². The van der Waals surface area contributed by atoms with Gasteiger partial charge in [0.25, 0.3) is 0 Å². The zero-order valence-corrected chi connectivity index (χ0v) is 11.7. The molecule has 0 saturated heterocycles. The molecule has 0 bridgehead atoms. The van der Waals surface area contributed by atoms with Crippen LogP contribution in [0.4, 0.5) is 0 Å². The van der Waals surface area contributed by atoms with Crippen LogP contribution in [0.15, 0.2) is 16.6 Å². The second-order valence-electron chi connectivity index (χ2n) is 3.64. The molecule has 16 heavy (non-hydrogen) atoms. The number of rotatable bonds is 4. The minimum Gasteiger partial charge on any atom is -0.426 e. The van der Waals surface area contributed by atoms with Crippen molar-refractivity contribution in [3.8, 4) is 5.75 Å². The lowest BCUT2D eigenvalue weighted by Gasteiger charge is -2.10. The van der Waals surface area contributed by atoms with Crippen molar-refractivity contribution < 1.29 is 9.53 Å². The monoisotopic (exact) mass is 304 g/mol. The standard InChI is InChI=1S/C12H14BrClO2/c1-8-6-10(13)7-9(2)12(8)16-11(15)4-3-5-14/h6-7H,3-5H2,1-2H3. The third kappa shape index (κ3) is 3.80. The van der Waals surface area contributed by atoms with Crippen molar-refractivity contribution in [1.29, 1.82) is 0 Å². The number of benzene rings is 1. The van der Waals surface area contributed by atoms with Crippen molar-refractivity contribution in [3.63, 3.8) is 0 Å². The highest BCUT2D eigenvalue weighted by Gasteiger charge is 2.10. The molecule has 0 spiro atoms. The molecule has 0 amide bonds. The molecule has 0 aromatic heterocycles. The van der Waals surface area contributed by atoms with Crippen molar-refractivity contribution in [1.82, 2.24) is 0 Å². The second kappa shape index (κ2) is 6.26. The summed E-state index contributed by atoms with van der Waals surface area (Å²) in [5.74, 6) is 0.907. The Kier molecular flexibility index (Phi) is 5.29. The maximum absolute atomic E-state index is 11.5. The highest BCUT2D eigenvalue weighted by molar-refractivity contribution is 9.10. The van der Waals surface area contributed by atoms with Crippen LogP contribution < -0.4 is 4.74 Å². The van der Waals surface area contributed by atoms with E-state index in [1.807, 2.05) is 26.0 Å². The van der Waals surface area contributed by atoms with Gasteiger partial charge in [0.1, 0.15) is 5.75 Å². The SMILES string of the molecule is Cc1cc(Br)cc(C)c1OC(=O)CCCCl. The fourth-order valence-electron chi connectivity index (χ4n) is 1.43. The summed E-state index contributed by atoms with van der Waals surface area (Å²) < 4.78 is 6.30. The molecule has 0 unspecified atom stereocenters. The predicted molar refractivity (Wildman–Crippen MR) is 69.2 cm³/mol. The normalized spacial score (nSPS) is 10.2. The number of alkyl halides is 1. The van der Waals surface area contributed by atoms with Gasteiger partial charge in [-0.05, 0) is 43.5 Å². The minimum atomic E-state index is -0.228. The summed E-state index contributed by atoms with van der Waals surface area (Å²) in [7, 11) is 0. The highest BCUT2D eigenvalue weighted by atomic mass is 79.9. The summed E-state index contributed by atoms with van der Waals surface area (Å²) >= 11 is 8.92. The van der Waals surface area contributed by atoms with Gasteiger partial charge in [0.05, 0.1) is 0 Å². The van der Waals surface area contributed by atoms with Gasteiger partial charge in [-0.2, -0.15) is 0 Å². The molecule has 0 N–H and O–H groups in total. The summed E-state index contributed by atoms with van der Waals surface area (Å²) in [6.07, 6.45) is 1.01. The molecule has 2 nitrogen and oxygen atoms in total. The molecule has 0 heterocycles. The van der Waals surface area contributed by atoms with Crippen LogP contribution in [0, 0.1) is 13.8 Å². The summed E-state index contributed by atoms with van der Waals surface area (Å²) in [6, 6.07) is 3.86. The maximum atomic E-state index is 11.5. The number of esters is 1. The van der Waals surface area contributed by atoms with E-state index in [9.17, 15) is 4.79 Å². The number of hydrogen-bond acceptors (Lipinski definition) is 2. The van der Waals surface area contributed by atoms with Crippen LogP contribution in [0.25, 0.3) is 0 Å². The maximum Gasteiger partial charge on any atom is 0.311 e. The van der Waals surface area contributed by atoms with Crippen LogP contribution in [0.1, 0.15) is 24.0 Å². The Morgan fingerprint density at radius 2 is 1.94 bits per heavy atom. The predicted octanol–water partition coefficient (Wildman–Crippen LogP) is 3.99. The largest absolute Gasteiger partial charge is 0.426 e. The molecular weight excluding hydrogens is 291 g/mol. The lowest BCUT2D eigenvalue weighted by Crippen LogP contribution is -2.09. The minimum absolute atomic E-state index is 0.228. The smallest absolute Gasteiger partial charge is 0.311 e. The first-order valence-electron chi connectivity index (χ1n) is 5.08. The van der Waals surface area contributed by atoms with Gasteiger partial charge in [0.15, 0.2) is 0 Å². The van der Waals surface area contributed by atoms with Crippen molar-refractivity contribution in [2.45, 2.75) is 26.7 Å². The molecule has 1 rings (SSSR count). The Morgan fingerprint density at radius 1 is 1.38 bits per heavy atom. The average molecular weight is 306 g/mol. The Labute approximate surface area is 109 Å². The third-order valence-corrected chi connectivity index (χ3v) is 2.88. The first-order chi connectivity index (χ1) is 7.54. The van der Waals surface area contributed by atoms with Crippen molar-refractivity contribution in [2.24, 2.45) is 0 Å². The van der Waals surface area contributed by atoms with Crippen LogP contribution in [0.3, 0.4) is 0 Å². The van der Waals surface area contributed by atoms with Crippen LogP contribution in [-0.2, 0) is 4.79 Å². The molecular formula is C12H14BrClO2. The molecule has 0 saturated carbocycles. The summed E-state index contributed by atoms with van der Waals surface area (Å²) in [4.78, 5) is 11.5. The van der Waals surface area contributed by atoms with Crippen molar-refractivity contribution in [3.05, 3.63) is 27.7 Å². The number of carbonyl (C=O) groups is 1. The molecule has 0 radical (unpaired) electrons. The topological polar surface area (TPSA) is 26.3 Å². The molecule has 88 valence electrons. The Morgan fingerprint density at radius 3 is 2.44 bits per heavy atom. The van der Waals surface area contributed by atoms with Gasteiger partial charge < -0.3 is 4.74 Å². The average Bonchev–Trinajstić information content (AvgIpc) is 2.20. The highest BCUT2D eigenvalue weighted by Crippen LogP contribution is 2.27. The number of carbonyl (C=O) groups excluding carboxylic acids is 1. The van der Waals surface area contributed by atoms with Gasteiger partial charge in [0, 0.05) is 16.8 Å². The van der Waals surface area contributed by atoms with Crippen molar-refractivity contribution in [2.75, 3.05) is 5.88 Å². The molecule has 1 aromatic carbocycles. The van der Waals surface area contributed by atoms with E-state index < -0.39 is 0 Å². The quantitative estimate of drug-likeness (QED) is 0.477. The van der Waals surface area contributed by atoms with E-state index in [0.717, 1.165) is 15.6 Å². The number of ether oxygens (including phenoxy) is 1. The van der Waals surface area contributed by atoms with E-state index in [1.165, 1.54) is 0 Å². The second-order valence-corrected chi connectivity index (χ2v) is 4.93. The van der Waals surface area contributed by atoms with Crippen LogP contribution in [0.5, 0.6) is 5.75 Å². The molecule has 4 heteroatoms. The molecule has 0 fully saturated rings. The first-order valence-corrected chi connectivity index (χ1v) is 6.40. The zero-order chi connectivity index (χ0) is 12.1. The lowest BCUT2D eigenvalue weighted by molar-refractivity contribution is -0.134. The van der Waals surface area contributed by atoms with E-state index in [-0.39, 0.29) is 5.97 Å². The van der Waals surface area contributed by atoms with Crippen molar-refractivity contribution >= 4 is 33.5 Å². The van der Waals surface area contributed by atoms with E-state index in [4.69, 9.17) is 16.3 Å². The van der Waals surface area contributed by atoms with E-state index in [0.29, 0.717) is 24.5 Å². The summed E-state index contributed by atoms with van der Waals surface area (Å²) in [5, 5.41) is 0. The fourth-order valence-corrected chi connectivity index (χ4v) is 2.25. The number of hydrogen-bond donors (Lipinski definition) is 0. The molecule has 0 aliphatic heterocycles. The third-order valence-electron chi connectivity index (χ3n) is 2.16. The molecule has 0 aliphatic carbocycles. The van der Waals surface area contributed by atoms with Crippen LogP contribution in [-0.4, -0.2) is 11.8 Å². The van der Waals surface area contributed by atoms with Gasteiger partial charge in [0.2, 0.25) is 0 Å². The lowest BCUT2D eigenvalue weighted by atomic mass is 10.1. The number of halogens is 2. The van der Waals surface area contributed by atoms with E-state index in [1.54, 1.807) is 0 Å². The molecule has 0 aliphatic rings. The fraction of sp³-hybridized carbons (Fsp3) is 0.417. The van der Waals surface area contributed by atoms with Gasteiger partial charge >= 0.3 is 5.97 Å². The van der Waals surface area contributed by atoms with Crippen LogP contribution >= 0.6 is 27.5 Å². The Hall–Kier alpha value is -0.540. The van der Waals surface area contributed by atoms with Gasteiger partial charge in [-0.3, -0.25) is 4.79 Å². The summed E-state index contributed by atoms with van der Waals surface area (Å²) in [6.45, 7) is 3.84. The zero-order valence-electron chi connectivity index (χ0n) is 9.35. The number of aryl methyl sites for hydroxylation is 2. The van der Waals surface area contributed by atoms with Gasteiger partial charge in [-0.15, -0.1) is 11.6 Å². The first kappa shape index (κ1) is 13.5. The molecule has 0 atom stereocenters. The Bertz CT molecular complexity index is 368. The van der Waals surface area contributed by atoms with Gasteiger partial charge in [-0.1, -0.05) is 15.9 Å². The van der Waals surface area contributed by atoms with Crippen LogP contribution in [0.2, 0.25) is 0 Å². The van der Waals surface area contributed by atoms with Gasteiger partial charge in [-0.25, -0.2) is 0 Å². The molecule has 1 aromatic rings. The van der Waals surface area contributed by atoms with E-state index >= 15 is 0 Å². The Balaban J connectivity index is 2.77. The summed E-state index contributed by atoms with van der Waals surface area (Å²) in [5.41, 5.74) is 1.90.